The van der Waals surface area contributed by atoms with E-state index in [9.17, 15) is 10.1 Å². The number of benzene rings is 1. The molecule has 150 valence electrons. The van der Waals surface area contributed by atoms with Crippen LogP contribution in [0.25, 0.3) is 0 Å². The van der Waals surface area contributed by atoms with Gasteiger partial charge in [-0.25, -0.2) is 4.99 Å². The van der Waals surface area contributed by atoms with Crippen molar-refractivity contribution in [1.82, 2.24) is 10.6 Å². The molecule has 2 rings (SSSR count). The number of nitro benzene ring substituents is 1. The van der Waals surface area contributed by atoms with Gasteiger partial charge >= 0.3 is 0 Å². The Hall–Kier alpha value is -1.68. The maximum absolute atomic E-state index is 10.7. The molecule has 0 spiro atoms. The third-order valence-electron chi connectivity index (χ3n) is 4.29. The van der Waals surface area contributed by atoms with Crippen LogP contribution in [0.3, 0.4) is 0 Å². The minimum Gasteiger partial charge on any atom is -0.383 e. The second kappa shape index (κ2) is 13.5. The van der Waals surface area contributed by atoms with Crippen molar-refractivity contribution in [3.8, 4) is 0 Å². The SMILES string of the molecule is COCCNC(=NCc1ccc([N+](=O)[O-])cc1)NCCC1=CCCCC1.I. The summed E-state index contributed by atoms with van der Waals surface area (Å²) in [5.41, 5.74) is 2.55. The maximum Gasteiger partial charge on any atom is 0.269 e. The summed E-state index contributed by atoms with van der Waals surface area (Å²) in [5.74, 6) is 0.733. The molecule has 1 aromatic carbocycles. The zero-order valence-electron chi connectivity index (χ0n) is 15.8. The number of non-ortho nitro benzene ring substituents is 1. The van der Waals surface area contributed by atoms with Crippen molar-refractivity contribution in [1.29, 1.82) is 0 Å². The second-order valence-corrected chi connectivity index (χ2v) is 6.29. The van der Waals surface area contributed by atoms with Crippen LogP contribution < -0.4 is 10.6 Å². The Balaban J connectivity index is 0.00000364. The van der Waals surface area contributed by atoms with Gasteiger partial charge in [-0.15, -0.1) is 24.0 Å². The first-order valence-corrected chi connectivity index (χ1v) is 9.11. The van der Waals surface area contributed by atoms with E-state index in [1.54, 1.807) is 19.2 Å². The molecule has 0 aliphatic heterocycles. The first-order valence-electron chi connectivity index (χ1n) is 9.11. The summed E-state index contributed by atoms with van der Waals surface area (Å²) >= 11 is 0. The van der Waals surface area contributed by atoms with Crippen LogP contribution in [-0.2, 0) is 11.3 Å². The van der Waals surface area contributed by atoms with Crippen LogP contribution in [0.15, 0.2) is 40.9 Å². The number of aliphatic imine (C=N–C) groups is 1. The molecule has 0 heterocycles. The summed E-state index contributed by atoms with van der Waals surface area (Å²) in [4.78, 5) is 14.9. The van der Waals surface area contributed by atoms with Crippen molar-refractivity contribution in [2.75, 3.05) is 26.8 Å². The lowest BCUT2D eigenvalue weighted by Gasteiger charge is -2.15. The fourth-order valence-corrected chi connectivity index (χ4v) is 2.81. The van der Waals surface area contributed by atoms with E-state index in [-0.39, 0.29) is 29.7 Å². The Morgan fingerprint density at radius 1 is 1.22 bits per heavy atom. The van der Waals surface area contributed by atoms with Crippen molar-refractivity contribution in [2.45, 2.75) is 38.6 Å². The third kappa shape index (κ3) is 9.18. The highest BCUT2D eigenvalue weighted by molar-refractivity contribution is 14.0. The Morgan fingerprint density at radius 3 is 2.59 bits per heavy atom. The molecule has 2 N–H and O–H groups in total. The number of ether oxygens (including phenoxy) is 1. The molecular formula is C19H29IN4O3. The van der Waals surface area contributed by atoms with Gasteiger partial charge in [0.15, 0.2) is 5.96 Å². The third-order valence-corrected chi connectivity index (χ3v) is 4.29. The van der Waals surface area contributed by atoms with Crippen molar-refractivity contribution in [3.05, 3.63) is 51.6 Å². The van der Waals surface area contributed by atoms with E-state index >= 15 is 0 Å². The number of hydrogen-bond acceptors (Lipinski definition) is 4. The molecule has 0 saturated heterocycles. The number of nitrogens with zero attached hydrogens (tertiary/aromatic N) is 2. The molecule has 0 saturated carbocycles. The number of nitro groups is 1. The number of halogens is 1. The number of allylic oxidation sites excluding steroid dienone is 1. The van der Waals surface area contributed by atoms with E-state index in [1.807, 2.05) is 0 Å². The average Bonchev–Trinajstić information content (AvgIpc) is 2.67. The van der Waals surface area contributed by atoms with Gasteiger partial charge in [0.05, 0.1) is 18.1 Å². The Kier molecular flexibility index (Phi) is 11.7. The molecule has 0 fully saturated rings. The van der Waals surface area contributed by atoms with Gasteiger partial charge in [0.2, 0.25) is 0 Å². The number of nitrogens with one attached hydrogen (secondary N) is 2. The summed E-state index contributed by atoms with van der Waals surface area (Å²) < 4.78 is 5.07. The molecule has 0 unspecified atom stereocenters. The van der Waals surface area contributed by atoms with Crippen LogP contribution in [0.2, 0.25) is 0 Å². The van der Waals surface area contributed by atoms with Gasteiger partial charge in [-0.2, -0.15) is 0 Å². The number of methoxy groups -OCH3 is 1. The Bertz CT molecular complexity index is 632. The molecule has 0 bridgehead atoms. The largest absolute Gasteiger partial charge is 0.383 e. The first kappa shape index (κ1) is 23.4. The standard InChI is InChI=1S/C19H28N4O3.HI/c1-26-14-13-21-19(20-12-11-16-5-3-2-4-6-16)22-15-17-7-9-18(10-8-17)23(24)25;/h5,7-10H,2-4,6,11-15H2,1H3,(H2,20,21,22);1H. The fraction of sp³-hybridized carbons (Fsp3) is 0.526. The smallest absolute Gasteiger partial charge is 0.269 e. The van der Waals surface area contributed by atoms with E-state index in [1.165, 1.54) is 43.4 Å². The zero-order chi connectivity index (χ0) is 18.6. The summed E-state index contributed by atoms with van der Waals surface area (Å²) in [7, 11) is 1.67. The molecule has 1 aromatic rings. The minimum atomic E-state index is -0.397. The van der Waals surface area contributed by atoms with Crippen molar-refractivity contribution in [2.24, 2.45) is 4.99 Å². The molecule has 1 aliphatic rings. The summed E-state index contributed by atoms with van der Waals surface area (Å²) in [6, 6.07) is 6.49. The first-order chi connectivity index (χ1) is 12.7. The van der Waals surface area contributed by atoms with Crippen LogP contribution >= 0.6 is 24.0 Å². The van der Waals surface area contributed by atoms with E-state index in [0.717, 1.165) is 24.5 Å². The molecule has 0 amide bonds. The Labute approximate surface area is 177 Å². The van der Waals surface area contributed by atoms with Crippen LogP contribution in [0, 0.1) is 10.1 Å². The van der Waals surface area contributed by atoms with Gasteiger partial charge in [-0.3, -0.25) is 10.1 Å². The van der Waals surface area contributed by atoms with E-state index in [2.05, 4.69) is 21.7 Å². The second-order valence-electron chi connectivity index (χ2n) is 6.29. The molecule has 0 aromatic heterocycles. The van der Waals surface area contributed by atoms with E-state index < -0.39 is 4.92 Å². The van der Waals surface area contributed by atoms with Crippen LogP contribution in [0.1, 0.15) is 37.7 Å². The molecular weight excluding hydrogens is 459 g/mol. The average molecular weight is 488 g/mol. The van der Waals surface area contributed by atoms with Gasteiger partial charge in [0.1, 0.15) is 0 Å². The molecule has 7 nitrogen and oxygen atoms in total. The van der Waals surface area contributed by atoms with Crippen LogP contribution in [0.4, 0.5) is 5.69 Å². The van der Waals surface area contributed by atoms with E-state index in [4.69, 9.17) is 4.74 Å². The normalized spacial score (nSPS) is 14.1. The monoisotopic (exact) mass is 488 g/mol. The molecule has 1 aliphatic carbocycles. The quantitative estimate of drug-likeness (QED) is 0.105. The zero-order valence-corrected chi connectivity index (χ0v) is 18.1. The predicted octanol–water partition coefficient (Wildman–Crippen LogP) is 3.78. The number of rotatable bonds is 9. The van der Waals surface area contributed by atoms with Crippen molar-refractivity contribution >= 4 is 35.6 Å². The van der Waals surface area contributed by atoms with E-state index in [0.29, 0.717) is 19.7 Å². The van der Waals surface area contributed by atoms with Crippen molar-refractivity contribution in [3.63, 3.8) is 0 Å². The number of hydrogen-bond donors (Lipinski definition) is 2. The van der Waals surface area contributed by atoms with Gasteiger partial charge in [0.25, 0.3) is 5.69 Å². The highest BCUT2D eigenvalue weighted by Crippen LogP contribution is 2.19. The van der Waals surface area contributed by atoms with Crippen molar-refractivity contribution < 1.29 is 9.66 Å². The van der Waals surface area contributed by atoms with Gasteiger partial charge in [-0.1, -0.05) is 23.8 Å². The molecule has 27 heavy (non-hydrogen) atoms. The Morgan fingerprint density at radius 2 is 1.96 bits per heavy atom. The fourth-order valence-electron chi connectivity index (χ4n) is 2.81. The highest BCUT2D eigenvalue weighted by atomic mass is 127. The lowest BCUT2D eigenvalue weighted by atomic mass is 9.97. The molecule has 0 atom stereocenters. The number of guanidine groups is 1. The lowest BCUT2D eigenvalue weighted by molar-refractivity contribution is -0.384. The lowest BCUT2D eigenvalue weighted by Crippen LogP contribution is -2.39. The minimum absolute atomic E-state index is 0. The van der Waals surface area contributed by atoms with Gasteiger partial charge in [-0.05, 0) is 37.7 Å². The summed E-state index contributed by atoms with van der Waals surface area (Å²) in [5, 5.41) is 17.3. The van der Waals surface area contributed by atoms with Gasteiger partial charge in [0, 0.05) is 32.3 Å². The molecule has 8 heteroatoms. The van der Waals surface area contributed by atoms with Gasteiger partial charge < -0.3 is 15.4 Å². The maximum atomic E-state index is 10.7. The van der Waals surface area contributed by atoms with Crippen LogP contribution in [0.5, 0.6) is 0 Å². The summed E-state index contributed by atoms with van der Waals surface area (Å²) in [6.45, 7) is 2.57. The predicted molar refractivity (Wildman–Crippen MR) is 119 cm³/mol. The highest BCUT2D eigenvalue weighted by Gasteiger charge is 2.06. The topological polar surface area (TPSA) is 88.8 Å². The molecule has 0 radical (unpaired) electrons. The summed E-state index contributed by atoms with van der Waals surface area (Å²) in [6.07, 6.45) is 8.38. The van der Waals surface area contributed by atoms with Crippen LogP contribution in [-0.4, -0.2) is 37.7 Å².